The summed E-state index contributed by atoms with van der Waals surface area (Å²) in [6, 6.07) is 9.81. The summed E-state index contributed by atoms with van der Waals surface area (Å²) in [5.41, 5.74) is 3.96. The Bertz CT molecular complexity index is 1230. The van der Waals surface area contributed by atoms with Gasteiger partial charge in [0.1, 0.15) is 0 Å². The monoisotopic (exact) mass is 400 g/mol. The minimum Gasteiger partial charge on any atom is -0.361 e. The molecule has 8 heteroatoms. The Kier molecular flexibility index (Phi) is 4.41. The lowest BCUT2D eigenvalue weighted by atomic mass is 10.1. The molecule has 27 heavy (non-hydrogen) atoms. The number of H-pyrrole nitrogens is 1. The Morgan fingerprint density at radius 1 is 1.22 bits per heavy atom. The average molecular weight is 401 g/mol. The van der Waals surface area contributed by atoms with Gasteiger partial charge in [-0.05, 0) is 56.3 Å². The van der Waals surface area contributed by atoms with Gasteiger partial charge in [0.15, 0.2) is 4.21 Å². The number of aryl methyl sites for hydroxylation is 2. The van der Waals surface area contributed by atoms with Crippen LogP contribution in [0.1, 0.15) is 16.3 Å². The molecular formula is C19H20N4O2S2. The summed E-state index contributed by atoms with van der Waals surface area (Å²) >= 11 is 1.21. The molecule has 1 aromatic carbocycles. The summed E-state index contributed by atoms with van der Waals surface area (Å²) in [5.74, 6) is 0. The molecule has 140 valence electrons. The fraction of sp³-hybridized carbons (Fsp3) is 0.211. The molecule has 0 fully saturated rings. The number of nitrogens with zero attached hydrogens (tertiary/aromatic N) is 2. The van der Waals surface area contributed by atoms with Crippen molar-refractivity contribution in [3.05, 3.63) is 59.0 Å². The van der Waals surface area contributed by atoms with Crippen molar-refractivity contribution in [3.8, 4) is 11.3 Å². The van der Waals surface area contributed by atoms with E-state index in [4.69, 9.17) is 0 Å². The van der Waals surface area contributed by atoms with Crippen LogP contribution in [0.25, 0.3) is 22.2 Å². The van der Waals surface area contributed by atoms with Crippen LogP contribution in [-0.4, -0.2) is 29.4 Å². The smallest absolute Gasteiger partial charge is 0.279 e. The van der Waals surface area contributed by atoms with E-state index >= 15 is 0 Å². The maximum atomic E-state index is 13.4. The average Bonchev–Trinajstić information content (AvgIpc) is 3.32. The summed E-state index contributed by atoms with van der Waals surface area (Å²) in [7, 11) is -1.89. The highest BCUT2D eigenvalue weighted by molar-refractivity contribution is 7.92. The number of benzene rings is 1. The van der Waals surface area contributed by atoms with Gasteiger partial charge in [0.25, 0.3) is 10.0 Å². The largest absolute Gasteiger partial charge is 0.361 e. The molecule has 0 radical (unpaired) electrons. The number of aromatic nitrogens is 3. The van der Waals surface area contributed by atoms with E-state index in [1.165, 1.54) is 15.3 Å². The molecule has 6 nitrogen and oxygen atoms in total. The molecule has 0 saturated carbocycles. The zero-order chi connectivity index (χ0) is 19.2. The number of hydrogen-bond donors (Lipinski definition) is 2. The SMILES string of the molecule is CNCc1cc(-c2ccc3[nH]ccc3c2)n(S(=O)(=O)c2sc(C)nc2C)c1. The second-order valence-electron chi connectivity index (χ2n) is 6.45. The van der Waals surface area contributed by atoms with Gasteiger partial charge >= 0.3 is 0 Å². The first-order chi connectivity index (χ1) is 12.9. The molecule has 0 amide bonds. The molecule has 4 aromatic rings. The highest BCUT2D eigenvalue weighted by Crippen LogP contribution is 2.32. The number of aromatic amines is 1. The summed E-state index contributed by atoms with van der Waals surface area (Å²) < 4.78 is 28.5. The normalized spacial score (nSPS) is 12.1. The Morgan fingerprint density at radius 3 is 2.74 bits per heavy atom. The van der Waals surface area contributed by atoms with Gasteiger partial charge < -0.3 is 10.3 Å². The van der Waals surface area contributed by atoms with Crippen LogP contribution in [0.3, 0.4) is 0 Å². The predicted octanol–water partition coefficient (Wildman–Crippen LogP) is 3.67. The topological polar surface area (TPSA) is 79.8 Å². The molecule has 0 bridgehead atoms. The number of hydrogen-bond acceptors (Lipinski definition) is 5. The first-order valence-electron chi connectivity index (χ1n) is 8.53. The molecule has 4 rings (SSSR count). The van der Waals surface area contributed by atoms with E-state index in [9.17, 15) is 8.42 Å². The van der Waals surface area contributed by atoms with Crippen LogP contribution in [0, 0.1) is 13.8 Å². The van der Waals surface area contributed by atoms with Crippen molar-refractivity contribution in [1.82, 2.24) is 19.3 Å². The lowest BCUT2D eigenvalue weighted by Crippen LogP contribution is -2.13. The van der Waals surface area contributed by atoms with Crippen molar-refractivity contribution < 1.29 is 8.42 Å². The summed E-state index contributed by atoms with van der Waals surface area (Å²) in [6.07, 6.45) is 3.57. The second-order valence-corrected chi connectivity index (χ2v) is 9.66. The fourth-order valence-electron chi connectivity index (χ4n) is 3.26. The van der Waals surface area contributed by atoms with Crippen molar-refractivity contribution >= 4 is 32.3 Å². The third-order valence-electron chi connectivity index (χ3n) is 4.43. The van der Waals surface area contributed by atoms with Gasteiger partial charge in [-0.25, -0.2) is 8.96 Å². The Balaban J connectivity index is 1.93. The van der Waals surface area contributed by atoms with E-state index < -0.39 is 10.0 Å². The quantitative estimate of drug-likeness (QED) is 0.536. The maximum absolute atomic E-state index is 13.4. The van der Waals surface area contributed by atoms with Gasteiger partial charge in [-0.2, -0.15) is 8.42 Å². The van der Waals surface area contributed by atoms with Crippen LogP contribution in [0.15, 0.2) is 46.9 Å². The van der Waals surface area contributed by atoms with Crippen LogP contribution in [0.5, 0.6) is 0 Å². The molecule has 0 spiro atoms. The first-order valence-corrected chi connectivity index (χ1v) is 10.8. The van der Waals surface area contributed by atoms with E-state index in [1.54, 1.807) is 13.1 Å². The minimum absolute atomic E-state index is 0.288. The van der Waals surface area contributed by atoms with Gasteiger partial charge in [0, 0.05) is 29.8 Å². The molecule has 3 aromatic heterocycles. The molecular weight excluding hydrogens is 380 g/mol. The van der Waals surface area contributed by atoms with Crippen LogP contribution < -0.4 is 5.32 Å². The lowest BCUT2D eigenvalue weighted by molar-refractivity contribution is 0.589. The molecule has 0 aliphatic rings. The van der Waals surface area contributed by atoms with E-state index in [0.29, 0.717) is 17.9 Å². The van der Waals surface area contributed by atoms with Gasteiger partial charge in [0.2, 0.25) is 0 Å². The highest BCUT2D eigenvalue weighted by atomic mass is 32.2. The lowest BCUT2D eigenvalue weighted by Gasteiger charge is -2.10. The Labute approximate surface area is 161 Å². The summed E-state index contributed by atoms with van der Waals surface area (Å²) in [5, 5.41) is 4.86. The van der Waals surface area contributed by atoms with E-state index in [0.717, 1.165) is 27.0 Å². The van der Waals surface area contributed by atoms with Crippen molar-refractivity contribution in [1.29, 1.82) is 0 Å². The standard InChI is InChI=1S/C19H20N4O2S2/c1-12-19(26-13(2)22-12)27(24,25)23-11-14(10-20-3)8-18(23)16-4-5-17-15(9-16)6-7-21-17/h4-9,11,20-21H,10H2,1-3H3. The second kappa shape index (κ2) is 6.63. The van der Waals surface area contributed by atoms with E-state index in [1.807, 2.05) is 50.5 Å². The number of rotatable bonds is 5. The van der Waals surface area contributed by atoms with Crippen molar-refractivity contribution in [2.45, 2.75) is 24.6 Å². The fourth-order valence-corrected chi connectivity index (χ4v) is 6.22. The van der Waals surface area contributed by atoms with Gasteiger partial charge in [-0.1, -0.05) is 6.07 Å². The van der Waals surface area contributed by atoms with Crippen LogP contribution in [0.2, 0.25) is 0 Å². The van der Waals surface area contributed by atoms with Gasteiger partial charge in [-0.3, -0.25) is 0 Å². The molecule has 0 aliphatic carbocycles. The number of nitrogens with one attached hydrogen (secondary N) is 2. The molecule has 0 unspecified atom stereocenters. The first kappa shape index (κ1) is 18.0. The van der Waals surface area contributed by atoms with E-state index in [-0.39, 0.29) is 4.21 Å². The number of thiazole rings is 1. The van der Waals surface area contributed by atoms with Gasteiger partial charge in [0.05, 0.1) is 16.4 Å². The van der Waals surface area contributed by atoms with Crippen molar-refractivity contribution in [2.75, 3.05) is 7.05 Å². The van der Waals surface area contributed by atoms with Crippen molar-refractivity contribution in [3.63, 3.8) is 0 Å². The predicted molar refractivity (Wildman–Crippen MR) is 109 cm³/mol. The number of fused-ring (bicyclic) bond motifs is 1. The minimum atomic E-state index is -3.73. The molecule has 0 saturated heterocycles. The highest BCUT2D eigenvalue weighted by Gasteiger charge is 2.26. The third kappa shape index (κ3) is 3.09. The molecule has 0 aliphatic heterocycles. The van der Waals surface area contributed by atoms with E-state index in [2.05, 4.69) is 15.3 Å². The Hall–Kier alpha value is -2.42. The van der Waals surface area contributed by atoms with Crippen LogP contribution in [-0.2, 0) is 16.6 Å². The summed E-state index contributed by atoms with van der Waals surface area (Å²) in [6.45, 7) is 4.14. The molecule has 0 atom stereocenters. The Morgan fingerprint density at radius 2 is 2.04 bits per heavy atom. The van der Waals surface area contributed by atoms with Crippen molar-refractivity contribution in [2.24, 2.45) is 0 Å². The molecule has 2 N–H and O–H groups in total. The summed E-state index contributed by atoms with van der Waals surface area (Å²) in [4.78, 5) is 7.45. The third-order valence-corrected chi connectivity index (χ3v) is 7.76. The maximum Gasteiger partial charge on any atom is 0.279 e. The van der Waals surface area contributed by atoms with Gasteiger partial charge in [-0.15, -0.1) is 11.3 Å². The van der Waals surface area contributed by atoms with Crippen LogP contribution in [0.4, 0.5) is 0 Å². The zero-order valence-corrected chi connectivity index (χ0v) is 16.9. The van der Waals surface area contributed by atoms with Crippen LogP contribution >= 0.6 is 11.3 Å². The molecule has 3 heterocycles. The zero-order valence-electron chi connectivity index (χ0n) is 15.3.